The first-order chi connectivity index (χ1) is 9.08. The highest BCUT2D eigenvalue weighted by molar-refractivity contribution is 5.69. The van der Waals surface area contributed by atoms with E-state index in [-0.39, 0.29) is 6.42 Å². The van der Waals surface area contributed by atoms with Crippen molar-refractivity contribution in [2.45, 2.75) is 19.4 Å². The number of carboxylic acids is 1. The van der Waals surface area contributed by atoms with Crippen molar-refractivity contribution in [2.24, 2.45) is 5.73 Å². The van der Waals surface area contributed by atoms with Gasteiger partial charge >= 0.3 is 5.97 Å². The van der Waals surface area contributed by atoms with Crippen molar-refractivity contribution in [3.05, 3.63) is 59.7 Å². The fourth-order valence-electron chi connectivity index (χ4n) is 2.11. The number of carboxylic acid groups (broad SMARTS) is 1. The van der Waals surface area contributed by atoms with Crippen molar-refractivity contribution in [3.8, 4) is 11.1 Å². The lowest BCUT2D eigenvalue weighted by Crippen LogP contribution is -2.14. The fourth-order valence-corrected chi connectivity index (χ4v) is 2.11. The zero-order chi connectivity index (χ0) is 13.8. The lowest BCUT2D eigenvalue weighted by atomic mass is 9.97. The number of hydrogen-bond acceptors (Lipinski definition) is 2. The minimum atomic E-state index is -0.879. The van der Waals surface area contributed by atoms with Gasteiger partial charge in [0, 0.05) is 6.04 Å². The van der Waals surface area contributed by atoms with Gasteiger partial charge in [-0.1, -0.05) is 48.5 Å². The zero-order valence-electron chi connectivity index (χ0n) is 10.8. The Morgan fingerprint density at radius 1 is 1.16 bits per heavy atom. The van der Waals surface area contributed by atoms with Crippen molar-refractivity contribution < 1.29 is 9.90 Å². The van der Waals surface area contributed by atoms with Crippen LogP contribution in [0.4, 0.5) is 0 Å². The molecule has 0 amide bonds. The number of rotatable bonds is 4. The number of benzene rings is 2. The van der Waals surface area contributed by atoms with Gasteiger partial charge in [-0.2, -0.15) is 0 Å². The highest BCUT2D eigenvalue weighted by Crippen LogP contribution is 2.25. The van der Waals surface area contributed by atoms with Crippen molar-refractivity contribution in [1.82, 2.24) is 0 Å². The van der Waals surface area contributed by atoms with Crippen LogP contribution >= 0.6 is 0 Å². The van der Waals surface area contributed by atoms with Crippen molar-refractivity contribution in [1.29, 1.82) is 0 Å². The number of aryl methyl sites for hydroxylation is 1. The Labute approximate surface area is 112 Å². The van der Waals surface area contributed by atoms with Gasteiger partial charge in [0.15, 0.2) is 0 Å². The molecule has 2 rings (SSSR count). The molecule has 0 aliphatic heterocycles. The molecule has 2 aromatic rings. The highest BCUT2D eigenvalue weighted by atomic mass is 16.4. The molecular formula is C16H17NO2. The van der Waals surface area contributed by atoms with E-state index in [0.717, 1.165) is 11.1 Å². The van der Waals surface area contributed by atoms with Gasteiger partial charge in [0.2, 0.25) is 0 Å². The van der Waals surface area contributed by atoms with Crippen LogP contribution in [0.15, 0.2) is 48.5 Å². The Morgan fingerprint density at radius 3 is 2.37 bits per heavy atom. The molecule has 3 heteroatoms. The number of aliphatic carboxylic acids is 1. The van der Waals surface area contributed by atoms with Crippen molar-refractivity contribution >= 4 is 5.97 Å². The van der Waals surface area contributed by atoms with E-state index in [1.807, 2.05) is 36.4 Å². The minimum Gasteiger partial charge on any atom is -0.481 e. The van der Waals surface area contributed by atoms with Gasteiger partial charge in [-0.25, -0.2) is 0 Å². The maximum atomic E-state index is 10.6. The van der Waals surface area contributed by atoms with E-state index < -0.39 is 12.0 Å². The first-order valence-corrected chi connectivity index (χ1v) is 6.21. The van der Waals surface area contributed by atoms with E-state index in [0.29, 0.717) is 0 Å². The summed E-state index contributed by atoms with van der Waals surface area (Å²) in [5, 5.41) is 8.73. The van der Waals surface area contributed by atoms with Crippen LogP contribution in [0, 0.1) is 6.92 Å². The topological polar surface area (TPSA) is 63.3 Å². The summed E-state index contributed by atoms with van der Waals surface area (Å²) in [5.74, 6) is -0.879. The summed E-state index contributed by atoms with van der Waals surface area (Å²) in [6.45, 7) is 2.07. The van der Waals surface area contributed by atoms with Crippen LogP contribution in [-0.4, -0.2) is 11.1 Å². The maximum Gasteiger partial charge on any atom is 0.305 e. The highest BCUT2D eigenvalue weighted by Gasteiger charge is 2.10. The number of carbonyl (C=O) groups is 1. The van der Waals surface area contributed by atoms with Crippen LogP contribution in [0.2, 0.25) is 0 Å². The third kappa shape index (κ3) is 3.20. The Balaban J connectivity index is 2.24. The van der Waals surface area contributed by atoms with Gasteiger partial charge in [0.05, 0.1) is 6.42 Å². The Hall–Kier alpha value is -2.13. The van der Waals surface area contributed by atoms with E-state index in [2.05, 4.69) is 19.1 Å². The zero-order valence-corrected chi connectivity index (χ0v) is 10.8. The van der Waals surface area contributed by atoms with E-state index in [1.54, 1.807) is 0 Å². The molecule has 0 aromatic heterocycles. The van der Waals surface area contributed by atoms with E-state index >= 15 is 0 Å². The molecule has 0 saturated heterocycles. The second kappa shape index (κ2) is 5.67. The smallest absolute Gasteiger partial charge is 0.305 e. The summed E-state index contributed by atoms with van der Waals surface area (Å²) < 4.78 is 0. The molecule has 19 heavy (non-hydrogen) atoms. The average Bonchev–Trinajstić information content (AvgIpc) is 2.39. The van der Waals surface area contributed by atoms with Crippen LogP contribution in [0.25, 0.3) is 11.1 Å². The summed E-state index contributed by atoms with van der Waals surface area (Å²) in [6, 6.07) is 15.5. The lowest BCUT2D eigenvalue weighted by molar-refractivity contribution is -0.137. The molecule has 0 spiro atoms. The van der Waals surface area contributed by atoms with Crippen LogP contribution in [0.1, 0.15) is 23.6 Å². The molecule has 0 saturated carbocycles. The normalized spacial score (nSPS) is 12.1. The molecule has 0 fully saturated rings. The predicted molar refractivity (Wildman–Crippen MR) is 75.8 cm³/mol. The molecule has 0 aliphatic carbocycles. The largest absolute Gasteiger partial charge is 0.481 e. The van der Waals surface area contributed by atoms with Gasteiger partial charge in [-0.05, 0) is 29.2 Å². The molecule has 0 heterocycles. The molecule has 0 aliphatic rings. The average molecular weight is 255 g/mol. The summed E-state index contributed by atoms with van der Waals surface area (Å²) >= 11 is 0. The van der Waals surface area contributed by atoms with Gasteiger partial charge in [0.1, 0.15) is 0 Å². The lowest BCUT2D eigenvalue weighted by Gasteiger charge is -2.11. The van der Waals surface area contributed by atoms with Crippen LogP contribution in [0.5, 0.6) is 0 Å². The SMILES string of the molecule is Cc1ccccc1-c1ccc([C@@H](N)CC(=O)O)cc1. The molecule has 2 aromatic carbocycles. The monoisotopic (exact) mass is 255 g/mol. The molecule has 1 atom stereocenters. The Kier molecular flexibility index (Phi) is 3.97. The molecule has 98 valence electrons. The third-order valence-electron chi connectivity index (χ3n) is 3.19. The summed E-state index contributed by atoms with van der Waals surface area (Å²) in [4.78, 5) is 10.6. The predicted octanol–water partition coefficient (Wildman–Crippen LogP) is 3.14. The molecule has 3 nitrogen and oxygen atoms in total. The fraction of sp³-hybridized carbons (Fsp3) is 0.188. The standard InChI is InChI=1S/C16H17NO2/c1-11-4-2-3-5-14(11)12-6-8-13(9-7-12)15(17)10-16(18)19/h2-9,15H,10,17H2,1H3,(H,18,19)/t15-/m0/s1. The van der Waals surface area contributed by atoms with Crippen molar-refractivity contribution in [3.63, 3.8) is 0 Å². The minimum absolute atomic E-state index is 0.0519. The second-order valence-corrected chi connectivity index (χ2v) is 4.64. The molecule has 3 N–H and O–H groups in total. The quantitative estimate of drug-likeness (QED) is 0.882. The molecule has 0 radical (unpaired) electrons. The maximum absolute atomic E-state index is 10.6. The summed E-state index contributed by atoms with van der Waals surface area (Å²) in [6.07, 6.45) is -0.0519. The van der Waals surface area contributed by atoms with Gasteiger partial charge < -0.3 is 10.8 Å². The van der Waals surface area contributed by atoms with Gasteiger partial charge in [0.25, 0.3) is 0 Å². The number of hydrogen-bond donors (Lipinski definition) is 2. The van der Waals surface area contributed by atoms with E-state index in [1.165, 1.54) is 11.1 Å². The first kappa shape index (κ1) is 13.3. The Morgan fingerprint density at radius 2 is 1.79 bits per heavy atom. The Bertz CT molecular complexity index is 576. The van der Waals surface area contributed by atoms with E-state index in [9.17, 15) is 4.79 Å². The van der Waals surface area contributed by atoms with Crippen molar-refractivity contribution in [2.75, 3.05) is 0 Å². The number of nitrogens with two attached hydrogens (primary N) is 1. The third-order valence-corrected chi connectivity index (χ3v) is 3.19. The van der Waals surface area contributed by atoms with Gasteiger partial charge in [-0.3, -0.25) is 4.79 Å². The summed E-state index contributed by atoms with van der Waals surface area (Å²) in [5.41, 5.74) is 10.2. The van der Waals surface area contributed by atoms with Crippen LogP contribution < -0.4 is 5.73 Å². The summed E-state index contributed by atoms with van der Waals surface area (Å²) in [7, 11) is 0. The van der Waals surface area contributed by atoms with Crippen LogP contribution in [0.3, 0.4) is 0 Å². The first-order valence-electron chi connectivity index (χ1n) is 6.21. The molecule has 0 bridgehead atoms. The molecule has 0 unspecified atom stereocenters. The van der Waals surface area contributed by atoms with Crippen LogP contribution in [-0.2, 0) is 4.79 Å². The molecular weight excluding hydrogens is 238 g/mol. The second-order valence-electron chi connectivity index (χ2n) is 4.64. The van der Waals surface area contributed by atoms with E-state index in [4.69, 9.17) is 10.8 Å². The van der Waals surface area contributed by atoms with Gasteiger partial charge in [-0.15, -0.1) is 0 Å².